The summed E-state index contributed by atoms with van der Waals surface area (Å²) in [5.41, 5.74) is 1.37. The van der Waals surface area contributed by atoms with Crippen LogP contribution in [-0.4, -0.2) is 33.0 Å². The number of carbonyl (C=O) groups is 1. The number of amides is 1. The van der Waals surface area contributed by atoms with Gasteiger partial charge in [0, 0.05) is 11.9 Å². The van der Waals surface area contributed by atoms with Gasteiger partial charge in [-0.25, -0.2) is 4.98 Å². The first-order valence-corrected chi connectivity index (χ1v) is 8.09. The molecule has 21 heavy (non-hydrogen) atoms. The van der Waals surface area contributed by atoms with Crippen LogP contribution in [0, 0.1) is 12.8 Å². The van der Waals surface area contributed by atoms with E-state index in [1.165, 1.54) is 16.9 Å². The molecule has 1 atom stereocenters. The van der Waals surface area contributed by atoms with Gasteiger partial charge in [-0.1, -0.05) is 6.92 Å². The summed E-state index contributed by atoms with van der Waals surface area (Å²) in [6.45, 7) is 4.56. The third kappa shape index (κ3) is 3.00. The van der Waals surface area contributed by atoms with Crippen molar-refractivity contribution in [1.29, 1.82) is 0 Å². The van der Waals surface area contributed by atoms with E-state index in [0.717, 1.165) is 29.5 Å². The van der Waals surface area contributed by atoms with Crippen LogP contribution in [0.1, 0.15) is 45.1 Å². The molecule has 0 saturated carbocycles. The van der Waals surface area contributed by atoms with Crippen molar-refractivity contribution in [3.05, 3.63) is 33.0 Å². The molecule has 6 heteroatoms. The minimum atomic E-state index is 0.0597. The summed E-state index contributed by atoms with van der Waals surface area (Å²) in [6, 6.07) is 2.08. The van der Waals surface area contributed by atoms with Gasteiger partial charge in [-0.05, 0) is 43.7 Å². The van der Waals surface area contributed by atoms with E-state index in [1.807, 2.05) is 6.92 Å². The third-order valence-corrected chi connectivity index (χ3v) is 5.13. The molecular weight excluding hydrogens is 284 g/mol. The van der Waals surface area contributed by atoms with Crippen LogP contribution in [-0.2, 0) is 19.4 Å². The maximum atomic E-state index is 12.5. The number of nitrogens with one attached hydrogen (secondary N) is 1. The predicted octanol–water partition coefficient (Wildman–Crippen LogP) is 2.57. The number of H-pyrrole nitrogens is 1. The monoisotopic (exact) mass is 304 g/mol. The van der Waals surface area contributed by atoms with Gasteiger partial charge in [-0.2, -0.15) is 5.10 Å². The lowest BCUT2D eigenvalue weighted by Crippen LogP contribution is -2.26. The van der Waals surface area contributed by atoms with Gasteiger partial charge in [-0.3, -0.25) is 9.89 Å². The van der Waals surface area contributed by atoms with Gasteiger partial charge in [0.05, 0.1) is 11.4 Å². The van der Waals surface area contributed by atoms with E-state index in [9.17, 15) is 4.79 Å². The van der Waals surface area contributed by atoms with Crippen molar-refractivity contribution in [3.63, 3.8) is 0 Å². The fraction of sp³-hybridized carbons (Fsp3) is 0.533. The van der Waals surface area contributed by atoms with Gasteiger partial charge in [0.2, 0.25) is 0 Å². The first-order valence-electron chi connectivity index (χ1n) is 7.28. The molecule has 0 bridgehead atoms. The Labute approximate surface area is 128 Å². The molecule has 0 aliphatic heterocycles. The highest BCUT2D eigenvalue weighted by atomic mass is 32.1. The van der Waals surface area contributed by atoms with Crippen LogP contribution < -0.4 is 0 Å². The van der Waals surface area contributed by atoms with Crippen LogP contribution in [0.5, 0.6) is 0 Å². The Morgan fingerprint density at radius 1 is 1.57 bits per heavy atom. The average Bonchev–Trinajstić information content (AvgIpc) is 3.03. The fourth-order valence-corrected chi connectivity index (χ4v) is 3.95. The minimum absolute atomic E-state index is 0.0597. The molecule has 0 radical (unpaired) electrons. The summed E-state index contributed by atoms with van der Waals surface area (Å²) in [7, 11) is 1.80. The Hall–Kier alpha value is -1.69. The molecule has 5 nitrogen and oxygen atoms in total. The minimum Gasteiger partial charge on any atom is -0.333 e. The second-order valence-corrected chi connectivity index (χ2v) is 7.04. The van der Waals surface area contributed by atoms with Crippen LogP contribution in [0.25, 0.3) is 0 Å². The van der Waals surface area contributed by atoms with Crippen molar-refractivity contribution in [3.8, 4) is 0 Å². The molecule has 1 aliphatic carbocycles. The second-order valence-electron chi connectivity index (χ2n) is 5.91. The number of carbonyl (C=O) groups excluding carboxylic acids is 1. The van der Waals surface area contributed by atoms with Crippen molar-refractivity contribution in [1.82, 2.24) is 20.1 Å². The van der Waals surface area contributed by atoms with Gasteiger partial charge >= 0.3 is 0 Å². The molecule has 0 saturated heterocycles. The van der Waals surface area contributed by atoms with Gasteiger partial charge < -0.3 is 4.90 Å². The Kier molecular flexibility index (Phi) is 3.80. The molecule has 1 unspecified atom stereocenters. The Morgan fingerprint density at radius 3 is 3.10 bits per heavy atom. The second kappa shape index (κ2) is 5.60. The van der Waals surface area contributed by atoms with Crippen molar-refractivity contribution >= 4 is 17.2 Å². The van der Waals surface area contributed by atoms with E-state index in [2.05, 4.69) is 28.2 Å². The number of aromatic nitrogens is 3. The number of hydrogen-bond acceptors (Lipinski definition) is 4. The summed E-state index contributed by atoms with van der Waals surface area (Å²) in [6.07, 6.45) is 3.44. The summed E-state index contributed by atoms with van der Waals surface area (Å²) in [5.74, 6) is 2.21. The van der Waals surface area contributed by atoms with Crippen LogP contribution in [0.15, 0.2) is 6.07 Å². The van der Waals surface area contributed by atoms with Crippen molar-refractivity contribution < 1.29 is 4.79 Å². The summed E-state index contributed by atoms with van der Waals surface area (Å²) < 4.78 is 0. The van der Waals surface area contributed by atoms with Gasteiger partial charge in [-0.15, -0.1) is 11.3 Å². The topological polar surface area (TPSA) is 61.9 Å². The van der Waals surface area contributed by atoms with E-state index in [-0.39, 0.29) is 5.91 Å². The van der Waals surface area contributed by atoms with Gasteiger partial charge in [0.25, 0.3) is 5.91 Å². The van der Waals surface area contributed by atoms with Gasteiger partial charge in [0.15, 0.2) is 5.82 Å². The van der Waals surface area contributed by atoms with Crippen LogP contribution >= 0.6 is 11.3 Å². The van der Waals surface area contributed by atoms with Gasteiger partial charge in [0.1, 0.15) is 5.82 Å². The average molecular weight is 304 g/mol. The SMILES string of the molecule is Cc1nc(CN(C)C(=O)c2cc3c(s2)CCC(C)C3)n[nH]1. The number of aryl methyl sites for hydroxylation is 2. The zero-order valence-corrected chi connectivity index (χ0v) is 13.5. The highest BCUT2D eigenvalue weighted by Crippen LogP contribution is 2.32. The zero-order chi connectivity index (χ0) is 15.0. The molecule has 1 aliphatic rings. The number of hydrogen-bond donors (Lipinski definition) is 1. The normalized spacial score (nSPS) is 17.6. The molecule has 2 heterocycles. The molecule has 0 spiro atoms. The lowest BCUT2D eigenvalue weighted by atomic mass is 9.90. The molecule has 1 amide bonds. The smallest absolute Gasteiger partial charge is 0.264 e. The number of thiophene rings is 1. The maximum absolute atomic E-state index is 12.5. The van der Waals surface area contributed by atoms with E-state index >= 15 is 0 Å². The van der Waals surface area contributed by atoms with E-state index in [1.54, 1.807) is 23.3 Å². The molecule has 2 aromatic rings. The number of aromatic amines is 1. The Morgan fingerprint density at radius 2 is 2.38 bits per heavy atom. The maximum Gasteiger partial charge on any atom is 0.264 e. The number of fused-ring (bicyclic) bond motifs is 1. The van der Waals surface area contributed by atoms with E-state index in [4.69, 9.17) is 0 Å². The van der Waals surface area contributed by atoms with Crippen molar-refractivity contribution in [2.24, 2.45) is 5.92 Å². The van der Waals surface area contributed by atoms with Crippen molar-refractivity contribution in [2.45, 2.75) is 39.7 Å². The summed E-state index contributed by atoms with van der Waals surface area (Å²) in [5, 5.41) is 6.88. The Bertz CT molecular complexity index is 660. The highest BCUT2D eigenvalue weighted by molar-refractivity contribution is 7.14. The van der Waals surface area contributed by atoms with Crippen LogP contribution in [0.3, 0.4) is 0 Å². The quantitative estimate of drug-likeness (QED) is 0.948. The molecule has 0 aromatic carbocycles. The third-order valence-electron chi connectivity index (χ3n) is 3.91. The lowest BCUT2D eigenvalue weighted by Gasteiger charge is -2.16. The van der Waals surface area contributed by atoms with Crippen LogP contribution in [0.2, 0.25) is 0 Å². The summed E-state index contributed by atoms with van der Waals surface area (Å²) in [4.78, 5) is 20.7. The molecule has 2 aromatic heterocycles. The standard InChI is InChI=1S/C15H20N4OS/c1-9-4-5-12-11(6-9)7-13(21-12)15(20)19(3)8-14-16-10(2)17-18-14/h7,9H,4-6,8H2,1-3H3,(H,16,17,18). The highest BCUT2D eigenvalue weighted by Gasteiger charge is 2.22. The molecule has 112 valence electrons. The first kappa shape index (κ1) is 14.3. The zero-order valence-electron chi connectivity index (χ0n) is 12.6. The largest absolute Gasteiger partial charge is 0.333 e. The van der Waals surface area contributed by atoms with E-state index in [0.29, 0.717) is 12.4 Å². The molecule has 3 rings (SSSR count). The molecular formula is C15H20N4OS. The fourth-order valence-electron chi connectivity index (χ4n) is 2.74. The lowest BCUT2D eigenvalue weighted by molar-refractivity contribution is 0.0786. The van der Waals surface area contributed by atoms with Crippen molar-refractivity contribution in [2.75, 3.05) is 7.05 Å². The number of rotatable bonds is 3. The van der Waals surface area contributed by atoms with E-state index < -0.39 is 0 Å². The molecule has 1 N–H and O–H groups in total. The van der Waals surface area contributed by atoms with Crippen LogP contribution in [0.4, 0.5) is 0 Å². The predicted molar refractivity (Wildman–Crippen MR) is 82.4 cm³/mol. The Balaban J connectivity index is 1.72. The molecule has 0 fully saturated rings. The first-order chi connectivity index (χ1) is 10.0. The number of nitrogens with zero attached hydrogens (tertiary/aromatic N) is 3. The summed E-state index contributed by atoms with van der Waals surface area (Å²) >= 11 is 1.65.